The lowest BCUT2D eigenvalue weighted by molar-refractivity contribution is 0.664. The highest BCUT2D eigenvalue weighted by molar-refractivity contribution is 6.14. The molecule has 0 atom stereocenters. The van der Waals surface area contributed by atoms with E-state index in [1.165, 1.54) is 0 Å². The first kappa shape index (κ1) is 20.6. The molecule has 3 aromatic carbocycles. The molecule has 0 unspecified atom stereocenters. The third-order valence-electron chi connectivity index (χ3n) is 7.47. The van der Waals surface area contributed by atoms with Crippen LogP contribution in [0.15, 0.2) is 117 Å². The largest absolute Gasteiger partial charge is 0.454 e. The Morgan fingerprint density at radius 3 is 1.46 bits per heavy atom. The minimum atomic E-state index is 0.709. The standard InChI is InChI=1S/C33H17N3O3/c1-3-7-25-22(5-1)28-31(37-25)19(11-14-34-28)18-9-10-27-24(17-18)30-33(39-27)21(13-16-36-30)20-12-15-35-29-23-6-2-4-8-26(23)38-32(20)29/h1-17H. The second-order valence-electron chi connectivity index (χ2n) is 9.62. The Morgan fingerprint density at radius 2 is 0.872 bits per heavy atom. The summed E-state index contributed by atoms with van der Waals surface area (Å²) in [5, 5.41) is 2.92. The van der Waals surface area contributed by atoms with E-state index in [1.54, 1.807) is 0 Å². The fourth-order valence-corrected chi connectivity index (χ4v) is 5.69. The number of nitrogens with zero attached hydrogens (tertiary/aromatic N) is 3. The average Bonchev–Trinajstić information content (AvgIpc) is 3.68. The van der Waals surface area contributed by atoms with Crippen molar-refractivity contribution in [3.05, 3.63) is 104 Å². The van der Waals surface area contributed by atoms with E-state index in [2.05, 4.69) is 22.1 Å². The summed E-state index contributed by atoms with van der Waals surface area (Å²) in [7, 11) is 0. The minimum absolute atomic E-state index is 0.709. The maximum absolute atomic E-state index is 6.43. The predicted octanol–water partition coefficient (Wildman–Crippen LogP) is 8.90. The van der Waals surface area contributed by atoms with Crippen molar-refractivity contribution in [2.45, 2.75) is 0 Å². The van der Waals surface area contributed by atoms with Gasteiger partial charge in [-0.1, -0.05) is 30.3 Å². The number of aromatic nitrogens is 3. The van der Waals surface area contributed by atoms with Crippen molar-refractivity contribution < 1.29 is 13.3 Å². The van der Waals surface area contributed by atoms with Crippen LogP contribution in [0.2, 0.25) is 0 Å². The summed E-state index contributed by atoms with van der Waals surface area (Å²) in [6.07, 6.45) is 5.46. The molecule has 182 valence electrons. The van der Waals surface area contributed by atoms with Crippen molar-refractivity contribution in [2.75, 3.05) is 0 Å². The van der Waals surface area contributed by atoms with Crippen molar-refractivity contribution in [3.63, 3.8) is 0 Å². The van der Waals surface area contributed by atoms with Crippen molar-refractivity contribution in [1.82, 2.24) is 15.0 Å². The zero-order valence-electron chi connectivity index (χ0n) is 20.4. The van der Waals surface area contributed by atoms with Crippen LogP contribution >= 0.6 is 0 Å². The number of fused-ring (bicyclic) bond motifs is 9. The van der Waals surface area contributed by atoms with Gasteiger partial charge in [0.1, 0.15) is 33.3 Å². The number of hydrogen-bond donors (Lipinski definition) is 0. The Kier molecular flexibility index (Phi) is 3.96. The molecule has 0 saturated heterocycles. The Balaban J connectivity index is 1.28. The van der Waals surface area contributed by atoms with Crippen molar-refractivity contribution >= 4 is 66.2 Å². The molecule has 0 radical (unpaired) electrons. The van der Waals surface area contributed by atoms with Crippen LogP contribution in [0.1, 0.15) is 0 Å². The van der Waals surface area contributed by atoms with Crippen molar-refractivity contribution in [2.24, 2.45) is 0 Å². The van der Waals surface area contributed by atoms with E-state index < -0.39 is 0 Å². The topological polar surface area (TPSA) is 78.1 Å². The summed E-state index contributed by atoms with van der Waals surface area (Å²) in [5.74, 6) is 0. The maximum Gasteiger partial charge on any atom is 0.161 e. The zero-order chi connectivity index (χ0) is 25.5. The molecule has 6 heteroatoms. The van der Waals surface area contributed by atoms with E-state index in [0.29, 0.717) is 5.58 Å². The fourth-order valence-electron chi connectivity index (χ4n) is 5.69. The molecule has 0 saturated carbocycles. The normalized spacial score (nSPS) is 12.1. The van der Waals surface area contributed by atoms with Gasteiger partial charge >= 0.3 is 0 Å². The highest BCUT2D eigenvalue weighted by atomic mass is 16.3. The molecule has 9 rings (SSSR count). The van der Waals surface area contributed by atoms with E-state index in [1.807, 2.05) is 91.4 Å². The van der Waals surface area contributed by atoms with Crippen LogP contribution in [-0.4, -0.2) is 15.0 Å². The first-order chi connectivity index (χ1) is 19.3. The Morgan fingerprint density at radius 1 is 0.410 bits per heavy atom. The smallest absolute Gasteiger partial charge is 0.161 e. The van der Waals surface area contributed by atoms with E-state index in [4.69, 9.17) is 18.2 Å². The molecule has 6 heterocycles. The van der Waals surface area contributed by atoms with Gasteiger partial charge in [0.2, 0.25) is 0 Å². The van der Waals surface area contributed by atoms with Crippen LogP contribution < -0.4 is 0 Å². The molecule has 6 nitrogen and oxygen atoms in total. The van der Waals surface area contributed by atoms with Gasteiger partial charge in [-0.2, -0.15) is 0 Å². The highest BCUT2D eigenvalue weighted by Crippen LogP contribution is 2.41. The number of rotatable bonds is 2. The highest BCUT2D eigenvalue weighted by Gasteiger charge is 2.20. The zero-order valence-corrected chi connectivity index (χ0v) is 20.4. The Hall–Kier alpha value is -5.49. The summed E-state index contributed by atoms with van der Waals surface area (Å²) in [5.41, 5.74) is 10.9. The lowest BCUT2D eigenvalue weighted by atomic mass is 10.0. The lowest BCUT2D eigenvalue weighted by Crippen LogP contribution is -1.84. The van der Waals surface area contributed by atoms with Crippen molar-refractivity contribution in [1.29, 1.82) is 0 Å². The number of benzene rings is 3. The Labute approximate surface area is 220 Å². The third-order valence-corrected chi connectivity index (χ3v) is 7.47. The van der Waals surface area contributed by atoms with Crippen LogP contribution in [0, 0.1) is 0 Å². The predicted molar refractivity (Wildman–Crippen MR) is 153 cm³/mol. The first-order valence-corrected chi connectivity index (χ1v) is 12.7. The van der Waals surface area contributed by atoms with Gasteiger partial charge in [-0.3, -0.25) is 15.0 Å². The molecule has 0 aliphatic rings. The monoisotopic (exact) mass is 503 g/mol. The molecule has 0 bridgehead atoms. The lowest BCUT2D eigenvalue weighted by Gasteiger charge is -2.03. The molecule has 0 spiro atoms. The number of furan rings is 3. The SMILES string of the molecule is c1ccc2c(c1)oc1c(-c3ccc4oc5c(-c6ccnc7c6oc6ccccc67)ccnc5c4c3)ccnc12. The Bertz CT molecular complexity index is 2410. The van der Waals surface area contributed by atoms with E-state index in [9.17, 15) is 0 Å². The summed E-state index contributed by atoms with van der Waals surface area (Å²) in [6.45, 7) is 0. The number of hydrogen-bond acceptors (Lipinski definition) is 6. The van der Waals surface area contributed by atoms with E-state index in [0.717, 1.165) is 82.9 Å². The quantitative estimate of drug-likeness (QED) is 0.234. The van der Waals surface area contributed by atoms with Gasteiger partial charge < -0.3 is 13.3 Å². The number of para-hydroxylation sites is 2. The molecule has 0 aliphatic carbocycles. The number of pyridine rings is 3. The van der Waals surface area contributed by atoms with Gasteiger partial charge in [-0.25, -0.2) is 0 Å². The molecular weight excluding hydrogens is 486 g/mol. The molecule has 6 aromatic heterocycles. The van der Waals surface area contributed by atoms with Crippen LogP contribution in [0.5, 0.6) is 0 Å². The second kappa shape index (κ2) is 7.52. The van der Waals surface area contributed by atoms with Crippen LogP contribution in [0.25, 0.3) is 88.5 Å². The fraction of sp³-hybridized carbons (Fsp3) is 0. The van der Waals surface area contributed by atoms with Crippen molar-refractivity contribution in [3.8, 4) is 22.3 Å². The summed E-state index contributed by atoms with van der Waals surface area (Å²) in [6, 6.07) is 28.0. The van der Waals surface area contributed by atoms with Gasteiger partial charge in [0.15, 0.2) is 16.7 Å². The minimum Gasteiger partial charge on any atom is -0.454 e. The maximum atomic E-state index is 6.43. The van der Waals surface area contributed by atoms with Gasteiger partial charge in [-0.15, -0.1) is 0 Å². The van der Waals surface area contributed by atoms with Gasteiger partial charge in [0.25, 0.3) is 0 Å². The van der Waals surface area contributed by atoms with E-state index >= 15 is 0 Å². The third kappa shape index (κ3) is 2.82. The van der Waals surface area contributed by atoms with Gasteiger partial charge in [-0.05, 0) is 60.2 Å². The molecule has 0 amide bonds. The molecule has 0 aliphatic heterocycles. The van der Waals surface area contributed by atoms with Crippen LogP contribution in [-0.2, 0) is 0 Å². The molecule has 0 N–H and O–H groups in total. The molecular formula is C33H17N3O3. The van der Waals surface area contributed by atoms with Gasteiger partial charge in [0.05, 0.1) is 0 Å². The second-order valence-corrected chi connectivity index (χ2v) is 9.62. The summed E-state index contributed by atoms with van der Waals surface area (Å²) in [4.78, 5) is 13.9. The van der Waals surface area contributed by atoms with Gasteiger partial charge in [0, 0.05) is 51.4 Å². The molecule has 9 aromatic rings. The molecule has 39 heavy (non-hydrogen) atoms. The van der Waals surface area contributed by atoms with Crippen LogP contribution in [0.4, 0.5) is 0 Å². The van der Waals surface area contributed by atoms with Crippen LogP contribution in [0.3, 0.4) is 0 Å². The first-order valence-electron chi connectivity index (χ1n) is 12.7. The molecule has 0 fully saturated rings. The summed E-state index contributed by atoms with van der Waals surface area (Å²) >= 11 is 0. The summed E-state index contributed by atoms with van der Waals surface area (Å²) < 4.78 is 18.9. The van der Waals surface area contributed by atoms with E-state index in [-0.39, 0.29) is 0 Å². The average molecular weight is 504 g/mol.